The van der Waals surface area contributed by atoms with Crippen LogP contribution in [0, 0.1) is 0 Å². The Balaban J connectivity index is 1.94. The third-order valence-electron chi connectivity index (χ3n) is 4.14. The summed E-state index contributed by atoms with van der Waals surface area (Å²) >= 11 is 6.01. The third kappa shape index (κ3) is 2.72. The molecule has 0 fully saturated rings. The van der Waals surface area contributed by atoms with Crippen molar-refractivity contribution >= 4 is 23.2 Å². The maximum absolute atomic E-state index is 12.7. The topological polar surface area (TPSA) is 45.2 Å². The van der Waals surface area contributed by atoms with E-state index in [1.807, 2.05) is 25.4 Å². The van der Waals surface area contributed by atoms with E-state index >= 15 is 0 Å². The Bertz CT molecular complexity index is 717. The molecule has 1 unspecified atom stereocenters. The van der Waals surface area contributed by atoms with E-state index in [9.17, 15) is 4.79 Å². The van der Waals surface area contributed by atoms with Crippen LogP contribution in [0.1, 0.15) is 34.5 Å². The summed E-state index contributed by atoms with van der Waals surface area (Å²) in [5.41, 5.74) is 3.64. The molecule has 1 amide bonds. The largest absolute Gasteiger partial charge is 0.313 e. The number of nitrogens with one attached hydrogen (secondary N) is 1. The van der Waals surface area contributed by atoms with Crippen molar-refractivity contribution in [2.24, 2.45) is 0 Å². The number of rotatable bonds is 3. The van der Waals surface area contributed by atoms with Crippen molar-refractivity contribution in [3.8, 4) is 0 Å². The zero-order valence-corrected chi connectivity index (χ0v) is 13.4. The third-order valence-corrected chi connectivity index (χ3v) is 4.37. The molecule has 1 atom stereocenters. The summed E-state index contributed by atoms with van der Waals surface area (Å²) in [7, 11) is 1.91. The van der Waals surface area contributed by atoms with Crippen molar-refractivity contribution in [1.29, 1.82) is 0 Å². The molecule has 3 rings (SSSR count). The molecule has 1 aromatic carbocycles. The Hall–Kier alpha value is -1.91. The molecular formula is C17H18ClN3O. The zero-order chi connectivity index (χ0) is 15.7. The highest BCUT2D eigenvalue weighted by atomic mass is 35.5. The fourth-order valence-corrected chi connectivity index (χ4v) is 2.89. The summed E-state index contributed by atoms with van der Waals surface area (Å²) in [5, 5.41) is 3.86. The fraction of sp³-hybridized carbons (Fsp3) is 0.294. The van der Waals surface area contributed by atoms with Crippen molar-refractivity contribution in [3.05, 3.63) is 58.4 Å². The van der Waals surface area contributed by atoms with Gasteiger partial charge in [0.2, 0.25) is 0 Å². The molecule has 2 heterocycles. The Morgan fingerprint density at radius 1 is 1.32 bits per heavy atom. The van der Waals surface area contributed by atoms with Crippen LogP contribution in [-0.4, -0.2) is 24.5 Å². The number of hydrogen-bond acceptors (Lipinski definition) is 3. The molecular weight excluding hydrogens is 298 g/mol. The van der Waals surface area contributed by atoms with E-state index in [1.54, 1.807) is 23.2 Å². The predicted molar refractivity (Wildman–Crippen MR) is 88.5 cm³/mol. The lowest BCUT2D eigenvalue weighted by Gasteiger charge is -2.29. The van der Waals surface area contributed by atoms with E-state index in [4.69, 9.17) is 11.6 Å². The van der Waals surface area contributed by atoms with Crippen molar-refractivity contribution < 1.29 is 4.79 Å². The van der Waals surface area contributed by atoms with E-state index in [-0.39, 0.29) is 11.9 Å². The van der Waals surface area contributed by atoms with Crippen LogP contribution in [0.25, 0.3) is 0 Å². The molecule has 114 valence electrons. The van der Waals surface area contributed by atoms with E-state index in [1.165, 1.54) is 0 Å². The number of carbonyl (C=O) groups is 1. The molecule has 1 N–H and O–H groups in total. The van der Waals surface area contributed by atoms with E-state index in [0.717, 1.165) is 28.8 Å². The lowest BCUT2D eigenvalue weighted by atomic mass is 9.98. The molecule has 0 spiro atoms. The van der Waals surface area contributed by atoms with E-state index < -0.39 is 0 Å². The number of aromatic nitrogens is 1. The molecule has 0 radical (unpaired) electrons. The van der Waals surface area contributed by atoms with Gasteiger partial charge in [-0.25, -0.2) is 0 Å². The van der Waals surface area contributed by atoms with E-state index in [0.29, 0.717) is 11.6 Å². The quantitative estimate of drug-likeness (QED) is 0.946. The molecule has 1 aliphatic rings. The minimum atomic E-state index is 0.00831. The van der Waals surface area contributed by atoms with Gasteiger partial charge in [-0.2, -0.15) is 0 Å². The second-order valence-corrected chi connectivity index (χ2v) is 5.93. The number of nitrogens with zero attached hydrogens (tertiary/aromatic N) is 2. The van der Waals surface area contributed by atoms with Gasteiger partial charge in [0.05, 0.1) is 11.9 Å². The van der Waals surface area contributed by atoms with Gasteiger partial charge in [0.1, 0.15) is 0 Å². The maximum atomic E-state index is 12.7. The maximum Gasteiger partial charge on any atom is 0.258 e. The van der Waals surface area contributed by atoms with Gasteiger partial charge in [0, 0.05) is 29.4 Å². The highest BCUT2D eigenvalue weighted by Crippen LogP contribution is 2.27. The standard InChI is InChI=1S/C17H18ClN3O/c1-11(19-2)13-8-15(10-20-9-13)21-6-5-12-7-14(18)3-4-16(12)17(21)22/h3-4,7-11,19H,5-6H2,1-2H3. The first-order valence-corrected chi connectivity index (χ1v) is 7.70. The van der Waals surface area contributed by atoms with Gasteiger partial charge in [-0.3, -0.25) is 9.78 Å². The summed E-state index contributed by atoms with van der Waals surface area (Å²) in [6.07, 6.45) is 4.37. The monoisotopic (exact) mass is 315 g/mol. The summed E-state index contributed by atoms with van der Waals surface area (Å²) in [5.74, 6) is 0.00831. The Labute approximate surface area is 135 Å². The second-order valence-electron chi connectivity index (χ2n) is 5.50. The first-order chi connectivity index (χ1) is 10.6. The average molecular weight is 316 g/mol. The minimum Gasteiger partial charge on any atom is -0.313 e. The van der Waals surface area contributed by atoms with Gasteiger partial charge in [0.25, 0.3) is 5.91 Å². The van der Waals surface area contributed by atoms with Gasteiger partial charge >= 0.3 is 0 Å². The Morgan fingerprint density at radius 2 is 2.14 bits per heavy atom. The molecule has 0 aliphatic carbocycles. The van der Waals surface area contributed by atoms with Gasteiger partial charge < -0.3 is 10.2 Å². The van der Waals surface area contributed by atoms with Crippen molar-refractivity contribution in [3.63, 3.8) is 0 Å². The highest BCUT2D eigenvalue weighted by molar-refractivity contribution is 6.30. The highest BCUT2D eigenvalue weighted by Gasteiger charge is 2.26. The fourth-order valence-electron chi connectivity index (χ4n) is 2.70. The number of anilines is 1. The lowest BCUT2D eigenvalue weighted by Crippen LogP contribution is -2.37. The van der Waals surface area contributed by atoms with Gasteiger partial charge in [-0.1, -0.05) is 11.6 Å². The molecule has 0 saturated heterocycles. The van der Waals surface area contributed by atoms with Crippen molar-refractivity contribution in [2.75, 3.05) is 18.5 Å². The van der Waals surface area contributed by atoms with Crippen LogP contribution in [0.2, 0.25) is 5.02 Å². The summed E-state index contributed by atoms with van der Waals surface area (Å²) in [6.45, 7) is 2.71. The minimum absolute atomic E-state index is 0.00831. The van der Waals surface area contributed by atoms with Crippen molar-refractivity contribution in [1.82, 2.24) is 10.3 Å². The molecule has 1 aliphatic heterocycles. The van der Waals surface area contributed by atoms with Gasteiger partial charge in [-0.05, 0) is 55.8 Å². The summed E-state index contributed by atoms with van der Waals surface area (Å²) < 4.78 is 0. The van der Waals surface area contributed by atoms with E-state index in [2.05, 4.69) is 17.2 Å². The SMILES string of the molecule is CNC(C)c1cncc(N2CCc3cc(Cl)ccc3C2=O)c1. The second kappa shape index (κ2) is 6.07. The number of amides is 1. The molecule has 5 heteroatoms. The number of benzene rings is 1. The van der Waals surface area contributed by atoms with Gasteiger partial charge in [-0.15, -0.1) is 0 Å². The molecule has 0 bridgehead atoms. The molecule has 2 aromatic rings. The first-order valence-electron chi connectivity index (χ1n) is 7.32. The average Bonchev–Trinajstić information content (AvgIpc) is 2.54. The smallest absolute Gasteiger partial charge is 0.258 e. The van der Waals surface area contributed by atoms with Gasteiger partial charge in [0.15, 0.2) is 0 Å². The number of fused-ring (bicyclic) bond motifs is 1. The number of pyridine rings is 1. The van der Waals surface area contributed by atoms with Crippen LogP contribution in [0.3, 0.4) is 0 Å². The number of carbonyl (C=O) groups excluding carboxylic acids is 1. The molecule has 4 nitrogen and oxygen atoms in total. The summed E-state index contributed by atoms with van der Waals surface area (Å²) in [4.78, 5) is 18.8. The van der Waals surface area contributed by atoms with Crippen molar-refractivity contribution in [2.45, 2.75) is 19.4 Å². The Morgan fingerprint density at radius 3 is 2.91 bits per heavy atom. The summed E-state index contributed by atoms with van der Waals surface area (Å²) in [6, 6.07) is 7.66. The predicted octanol–water partition coefficient (Wildman–Crippen LogP) is 3.22. The number of halogens is 1. The number of hydrogen-bond donors (Lipinski definition) is 1. The first kappa shape index (κ1) is 15.0. The van der Waals surface area contributed by atoms with Crippen LogP contribution in [-0.2, 0) is 6.42 Å². The van der Waals surface area contributed by atoms with Crippen LogP contribution in [0.15, 0.2) is 36.7 Å². The molecule has 0 saturated carbocycles. The lowest BCUT2D eigenvalue weighted by molar-refractivity contribution is 0.0980. The van der Waals surface area contributed by atoms with Crippen LogP contribution in [0.5, 0.6) is 0 Å². The Kier molecular flexibility index (Phi) is 4.14. The molecule has 22 heavy (non-hydrogen) atoms. The van der Waals surface area contributed by atoms with Crippen LogP contribution >= 0.6 is 11.6 Å². The van der Waals surface area contributed by atoms with Crippen LogP contribution < -0.4 is 10.2 Å². The normalized spacial score (nSPS) is 15.6. The van der Waals surface area contributed by atoms with Crippen LogP contribution in [0.4, 0.5) is 5.69 Å². The zero-order valence-electron chi connectivity index (χ0n) is 12.6. The molecule has 1 aromatic heterocycles.